The van der Waals surface area contributed by atoms with E-state index in [0.29, 0.717) is 0 Å². The van der Waals surface area contributed by atoms with Gasteiger partial charge in [0.2, 0.25) is 0 Å². The molecule has 1 atom stereocenters. The monoisotopic (exact) mass is 422 g/mol. The minimum atomic E-state index is -5.08. The Balaban J connectivity index is 0.000000396. The van der Waals surface area contributed by atoms with Gasteiger partial charge in [-0.1, -0.05) is 49.4 Å². The number of benzene rings is 2. The van der Waals surface area contributed by atoms with Gasteiger partial charge in [0.05, 0.1) is 11.6 Å². The molecule has 162 valence electrons. The first-order valence-corrected chi connectivity index (χ1v) is 9.74. The van der Waals surface area contributed by atoms with Gasteiger partial charge in [0.1, 0.15) is 0 Å². The number of hydrogen-bond donors (Lipinski definition) is 2. The number of carboxylic acids is 1. The number of carbonyl (C=O) groups excluding carboxylic acids is 1. The molecule has 0 radical (unpaired) electrons. The Morgan fingerprint density at radius 2 is 1.57 bits per heavy atom. The molecule has 30 heavy (non-hydrogen) atoms. The first-order chi connectivity index (χ1) is 14.2. The van der Waals surface area contributed by atoms with Crippen LogP contribution >= 0.6 is 0 Å². The Kier molecular flexibility index (Phi) is 8.26. The average molecular weight is 422 g/mol. The molecule has 3 rings (SSSR count). The first kappa shape index (κ1) is 23.3. The molecule has 2 aromatic rings. The van der Waals surface area contributed by atoms with E-state index in [1.54, 1.807) is 0 Å². The summed E-state index contributed by atoms with van der Waals surface area (Å²) in [6.45, 7) is 4.19. The number of anilines is 1. The van der Waals surface area contributed by atoms with E-state index in [1.165, 1.54) is 12.8 Å². The predicted octanol–water partition coefficient (Wildman–Crippen LogP) is 4.80. The number of aliphatic carboxylic acids is 1. The molecule has 0 bridgehead atoms. The summed E-state index contributed by atoms with van der Waals surface area (Å²) in [4.78, 5) is 24.0. The summed E-state index contributed by atoms with van der Waals surface area (Å²) >= 11 is 0. The fraction of sp³-hybridized carbons (Fsp3) is 0.364. The lowest BCUT2D eigenvalue weighted by molar-refractivity contribution is -0.192. The highest BCUT2D eigenvalue weighted by molar-refractivity contribution is 6.00. The van der Waals surface area contributed by atoms with Crippen LogP contribution in [0.3, 0.4) is 0 Å². The number of nitrogens with one attached hydrogen (secondary N) is 1. The highest BCUT2D eigenvalue weighted by Crippen LogP contribution is 2.25. The van der Waals surface area contributed by atoms with Crippen molar-refractivity contribution in [2.45, 2.75) is 38.4 Å². The number of para-hydroxylation sites is 1. The van der Waals surface area contributed by atoms with E-state index in [4.69, 9.17) is 9.90 Å². The first-order valence-electron chi connectivity index (χ1n) is 9.74. The molecule has 1 amide bonds. The third-order valence-corrected chi connectivity index (χ3v) is 4.75. The number of carbonyl (C=O) groups is 2. The van der Waals surface area contributed by atoms with Crippen LogP contribution in [0.5, 0.6) is 0 Å². The summed E-state index contributed by atoms with van der Waals surface area (Å²) in [6.07, 6.45) is -1.79. The Hall–Kier alpha value is -3.03. The smallest absolute Gasteiger partial charge is 0.475 e. The van der Waals surface area contributed by atoms with Crippen molar-refractivity contribution in [3.05, 3.63) is 65.7 Å². The maximum Gasteiger partial charge on any atom is 0.490 e. The van der Waals surface area contributed by atoms with Crippen LogP contribution in [0.2, 0.25) is 0 Å². The molecule has 0 spiro atoms. The normalized spacial score (nSPS) is 14.5. The van der Waals surface area contributed by atoms with E-state index >= 15 is 0 Å². The third-order valence-electron chi connectivity index (χ3n) is 4.75. The van der Waals surface area contributed by atoms with Crippen LogP contribution < -0.4 is 10.2 Å². The van der Waals surface area contributed by atoms with Crippen molar-refractivity contribution in [2.75, 3.05) is 18.0 Å². The Morgan fingerprint density at radius 3 is 2.10 bits per heavy atom. The minimum Gasteiger partial charge on any atom is -0.475 e. The van der Waals surface area contributed by atoms with Crippen molar-refractivity contribution >= 4 is 17.6 Å². The number of rotatable bonds is 5. The van der Waals surface area contributed by atoms with Crippen molar-refractivity contribution in [3.63, 3.8) is 0 Å². The molecule has 0 aliphatic carbocycles. The molecule has 1 aliphatic rings. The fourth-order valence-corrected chi connectivity index (χ4v) is 3.24. The van der Waals surface area contributed by atoms with Crippen molar-refractivity contribution in [2.24, 2.45) is 0 Å². The maximum absolute atomic E-state index is 12.8. The van der Waals surface area contributed by atoms with Gasteiger partial charge in [-0.25, -0.2) is 4.79 Å². The second-order valence-corrected chi connectivity index (χ2v) is 6.86. The van der Waals surface area contributed by atoms with Gasteiger partial charge >= 0.3 is 12.1 Å². The van der Waals surface area contributed by atoms with Crippen molar-refractivity contribution in [3.8, 4) is 0 Å². The number of nitrogens with zero attached hydrogens (tertiary/aromatic N) is 1. The molecule has 1 unspecified atom stereocenters. The highest BCUT2D eigenvalue weighted by atomic mass is 19.4. The van der Waals surface area contributed by atoms with E-state index in [2.05, 4.69) is 35.3 Å². The standard InChI is InChI=1S/C20H24N2O.C2HF3O2/c1-2-18(16-10-4-3-5-11-16)21-20(23)17-12-6-7-13-19(17)22-14-8-9-15-22;3-2(4,5)1(6)7/h3-7,10-13,18H,2,8-9,14-15H2,1H3,(H,21,23);(H,6,7). The van der Waals surface area contributed by atoms with E-state index in [-0.39, 0.29) is 11.9 Å². The Bertz CT molecular complexity index is 835. The summed E-state index contributed by atoms with van der Waals surface area (Å²) in [5, 5.41) is 10.3. The van der Waals surface area contributed by atoms with Crippen LogP contribution in [0.4, 0.5) is 18.9 Å². The molecule has 1 saturated heterocycles. The zero-order valence-corrected chi connectivity index (χ0v) is 16.7. The topological polar surface area (TPSA) is 69.6 Å². The molecule has 1 heterocycles. The Labute approximate surface area is 173 Å². The molecule has 1 aliphatic heterocycles. The average Bonchev–Trinajstić information content (AvgIpc) is 3.27. The van der Waals surface area contributed by atoms with E-state index in [9.17, 15) is 18.0 Å². The second-order valence-electron chi connectivity index (χ2n) is 6.86. The number of halogens is 3. The lowest BCUT2D eigenvalue weighted by Gasteiger charge is -2.23. The zero-order chi connectivity index (χ0) is 22.1. The molecular weight excluding hydrogens is 397 g/mol. The molecule has 5 nitrogen and oxygen atoms in total. The molecule has 2 N–H and O–H groups in total. The van der Waals surface area contributed by atoms with Crippen LogP contribution in [0.1, 0.15) is 48.1 Å². The number of amides is 1. The van der Waals surface area contributed by atoms with E-state index < -0.39 is 12.1 Å². The Morgan fingerprint density at radius 1 is 1.03 bits per heavy atom. The number of hydrogen-bond acceptors (Lipinski definition) is 3. The van der Waals surface area contributed by atoms with Gasteiger partial charge in [-0.3, -0.25) is 4.79 Å². The maximum atomic E-state index is 12.8. The quantitative estimate of drug-likeness (QED) is 0.726. The summed E-state index contributed by atoms with van der Waals surface area (Å²) in [5.41, 5.74) is 3.00. The number of carboxylic acid groups (broad SMARTS) is 1. The van der Waals surface area contributed by atoms with Gasteiger partial charge in [0, 0.05) is 18.8 Å². The van der Waals surface area contributed by atoms with Crippen molar-refractivity contribution in [1.29, 1.82) is 0 Å². The molecule has 8 heteroatoms. The van der Waals surface area contributed by atoms with Gasteiger partial charge in [0.15, 0.2) is 0 Å². The van der Waals surface area contributed by atoms with Gasteiger partial charge in [-0.2, -0.15) is 13.2 Å². The van der Waals surface area contributed by atoms with Crippen molar-refractivity contribution < 1.29 is 27.9 Å². The summed E-state index contributed by atoms with van der Waals surface area (Å²) in [6, 6.07) is 18.2. The third kappa shape index (κ3) is 6.50. The largest absolute Gasteiger partial charge is 0.490 e. The minimum absolute atomic E-state index is 0.0169. The van der Waals surface area contributed by atoms with Gasteiger partial charge in [-0.05, 0) is 37.0 Å². The lowest BCUT2D eigenvalue weighted by atomic mass is 10.0. The van der Waals surface area contributed by atoms with Crippen LogP contribution in [0.15, 0.2) is 54.6 Å². The predicted molar refractivity (Wildman–Crippen MR) is 109 cm³/mol. The highest BCUT2D eigenvalue weighted by Gasteiger charge is 2.38. The lowest BCUT2D eigenvalue weighted by Crippen LogP contribution is -2.30. The molecule has 0 saturated carbocycles. The SMILES string of the molecule is CCC(NC(=O)c1ccccc1N1CCCC1)c1ccccc1.O=C(O)C(F)(F)F. The zero-order valence-electron chi connectivity index (χ0n) is 16.7. The summed E-state index contributed by atoms with van der Waals surface area (Å²) < 4.78 is 31.7. The molecule has 0 aromatic heterocycles. The number of alkyl halides is 3. The molecule has 2 aromatic carbocycles. The van der Waals surface area contributed by atoms with E-state index in [0.717, 1.165) is 36.3 Å². The fourth-order valence-electron chi connectivity index (χ4n) is 3.24. The summed E-state index contributed by atoms with van der Waals surface area (Å²) in [5.74, 6) is -2.74. The second kappa shape index (κ2) is 10.7. The van der Waals surface area contributed by atoms with Crippen molar-refractivity contribution in [1.82, 2.24) is 5.32 Å². The van der Waals surface area contributed by atoms with E-state index in [1.807, 2.05) is 36.4 Å². The molecular formula is C22H25F3N2O3. The van der Waals surface area contributed by atoms with Gasteiger partial charge in [0.25, 0.3) is 5.91 Å². The van der Waals surface area contributed by atoms with Crippen LogP contribution in [-0.2, 0) is 4.79 Å². The van der Waals surface area contributed by atoms with Crippen LogP contribution in [-0.4, -0.2) is 36.2 Å². The van der Waals surface area contributed by atoms with Crippen LogP contribution in [0, 0.1) is 0 Å². The van der Waals surface area contributed by atoms with Gasteiger partial charge in [-0.15, -0.1) is 0 Å². The van der Waals surface area contributed by atoms with Gasteiger partial charge < -0.3 is 15.3 Å². The summed E-state index contributed by atoms with van der Waals surface area (Å²) in [7, 11) is 0. The molecule has 1 fully saturated rings. The van der Waals surface area contributed by atoms with Crippen LogP contribution in [0.25, 0.3) is 0 Å².